The third-order valence-corrected chi connectivity index (χ3v) is 4.31. The summed E-state index contributed by atoms with van der Waals surface area (Å²) in [4.78, 5) is 14.2. The predicted molar refractivity (Wildman–Crippen MR) is 81.0 cm³/mol. The molecule has 0 bridgehead atoms. The van der Waals surface area contributed by atoms with Gasteiger partial charge in [-0.3, -0.25) is 4.79 Å². The molecule has 0 radical (unpaired) electrons. The molecule has 1 aliphatic rings. The fourth-order valence-electron chi connectivity index (χ4n) is 2.88. The fraction of sp³-hybridized carbons (Fsp3) is 0.562. The summed E-state index contributed by atoms with van der Waals surface area (Å²) in [7, 11) is 0. The predicted octanol–water partition coefficient (Wildman–Crippen LogP) is 1.45. The molecule has 0 aliphatic carbocycles. The second kappa shape index (κ2) is 6.37. The van der Waals surface area contributed by atoms with Crippen LogP contribution in [0, 0.1) is 5.92 Å². The lowest BCUT2D eigenvalue weighted by molar-refractivity contribution is -0.124. The minimum Gasteiger partial charge on any atom is -0.368 e. The lowest BCUT2D eigenvalue weighted by atomic mass is 9.89. The first kappa shape index (κ1) is 15.0. The van der Waals surface area contributed by atoms with E-state index < -0.39 is 11.4 Å². The molecule has 4 nitrogen and oxygen atoms in total. The summed E-state index contributed by atoms with van der Waals surface area (Å²) in [6, 6.07) is 9.46. The molecule has 0 aromatic heterocycles. The summed E-state index contributed by atoms with van der Waals surface area (Å²) in [6.07, 6.45) is 3.56. The van der Waals surface area contributed by atoms with Crippen LogP contribution in [0.25, 0.3) is 0 Å². The van der Waals surface area contributed by atoms with Crippen LogP contribution in [0.3, 0.4) is 0 Å². The number of primary amides is 1. The topological polar surface area (TPSA) is 72.3 Å². The number of carbonyl (C=O) groups excluding carboxylic acids is 1. The quantitative estimate of drug-likeness (QED) is 0.873. The monoisotopic (exact) mass is 275 g/mol. The number of likely N-dealkylation sites (tertiary alicyclic amines) is 1. The van der Waals surface area contributed by atoms with Crippen molar-refractivity contribution in [1.29, 1.82) is 0 Å². The SMILES string of the molecule is CC1CCCN(CC(N)(C(N)=O)c2ccccc2)CC1. The van der Waals surface area contributed by atoms with E-state index in [1.807, 2.05) is 30.3 Å². The smallest absolute Gasteiger partial charge is 0.243 e. The van der Waals surface area contributed by atoms with Crippen LogP contribution in [-0.2, 0) is 10.3 Å². The molecule has 1 aromatic carbocycles. The Morgan fingerprint density at radius 3 is 2.65 bits per heavy atom. The largest absolute Gasteiger partial charge is 0.368 e. The van der Waals surface area contributed by atoms with E-state index in [0.717, 1.165) is 37.4 Å². The van der Waals surface area contributed by atoms with Gasteiger partial charge in [0.15, 0.2) is 0 Å². The van der Waals surface area contributed by atoms with E-state index in [1.54, 1.807) is 0 Å². The highest BCUT2D eigenvalue weighted by Gasteiger charge is 2.36. The van der Waals surface area contributed by atoms with Crippen molar-refractivity contribution in [3.8, 4) is 0 Å². The van der Waals surface area contributed by atoms with Gasteiger partial charge in [-0.15, -0.1) is 0 Å². The summed E-state index contributed by atoms with van der Waals surface area (Å²) < 4.78 is 0. The molecule has 1 saturated heterocycles. The lowest BCUT2D eigenvalue weighted by Crippen LogP contribution is -2.56. The highest BCUT2D eigenvalue weighted by molar-refractivity contribution is 5.86. The zero-order valence-electron chi connectivity index (χ0n) is 12.2. The number of hydrogen-bond acceptors (Lipinski definition) is 3. The fourth-order valence-corrected chi connectivity index (χ4v) is 2.88. The maximum Gasteiger partial charge on any atom is 0.243 e. The number of rotatable bonds is 4. The molecule has 2 unspecified atom stereocenters. The van der Waals surface area contributed by atoms with Crippen molar-refractivity contribution in [2.45, 2.75) is 31.7 Å². The van der Waals surface area contributed by atoms with E-state index in [0.29, 0.717) is 6.54 Å². The Morgan fingerprint density at radius 1 is 1.30 bits per heavy atom. The Morgan fingerprint density at radius 2 is 2.00 bits per heavy atom. The van der Waals surface area contributed by atoms with Crippen LogP contribution < -0.4 is 11.5 Å². The number of hydrogen-bond donors (Lipinski definition) is 2. The van der Waals surface area contributed by atoms with E-state index in [9.17, 15) is 4.79 Å². The Hall–Kier alpha value is -1.39. The molecule has 1 amide bonds. The number of nitrogens with zero attached hydrogens (tertiary/aromatic N) is 1. The third kappa shape index (κ3) is 3.38. The molecule has 4 heteroatoms. The van der Waals surface area contributed by atoms with Crippen molar-refractivity contribution >= 4 is 5.91 Å². The van der Waals surface area contributed by atoms with E-state index in [2.05, 4.69) is 11.8 Å². The van der Waals surface area contributed by atoms with E-state index in [1.165, 1.54) is 6.42 Å². The normalized spacial score (nSPS) is 23.8. The Kier molecular flexibility index (Phi) is 4.78. The molecule has 1 heterocycles. The number of carbonyl (C=O) groups is 1. The molecule has 2 rings (SSSR count). The van der Waals surface area contributed by atoms with Gasteiger partial charge >= 0.3 is 0 Å². The first-order valence-corrected chi connectivity index (χ1v) is 7.39. The Balaban J connectivity index is 2.15. The second-order valence-electron chi connectivity index (χ2n) is 6.01. The number of nitrogens with two attached hydrogens (primary N) is 2. The maximum absolute atomic E-state index is 11.9. The zero-order valence-corrected chi connectivity index (χ0v) is 12.2. The van der Waals surface area contributed by atoms with Gasteiger partial charge in [0.1, 0.15) is 5.54 Å². The van der Waals surface area contributed by atoms with Crippen LogP contribution in [-0.4, -0.2) is 30.4 Å². The lowest BCUT2D eigenvalue weighted by Gasteiger charge is -2.33. The van der Waals surface area contributed by atoms with Crippen molar-refractivity contribution in [2.24, 2.45) is 17.4 Å². The third-order valence-electron chi connectivity index (χ3n) is 4.31. The molecule has 4 N–H and O–H groups in total. The summed E-state index contributed by atoms with van der Waals surface area (Å²) in [5.74, 6) is 0.290. The molecule has 1 fully saturated rings. The average Bonchev–Trinajstić information content (AvgIpc) is 2.64. The molecular formula is C16H25N3O. The van der Waals surface area contributed by atoms with Gasteiger partial charge in [-0.05, 0) is 43.8 Å². The highest BCUT2D eigenvalue weighted by Crippen LogP contribution is 2.23. The van der Waals surface area contributed by atoms with Gasteiger partial charge in [-0.2, -0.15) is 0 Å². The molecule has 0 spiro atoms. The molecule has 2 atom stereocenters. The minimum atomic E-state index is -1.10. The Labute approximate surface area is 121 Å². The van der Waals surface area contributed by atoms with Gasteiger partial charge < -0.3 is 16.4 Å². The first-order valence-electron chi connectivity index (χ1n) is 7.39. The van der Waals surface area contributed by atoms with Gasteiger partial charge in [-0.1, -0.05) is 37.3 Å². The van der Waals surface area contributed by atoms with Crippen LogP contribution in [0.5, 0.6) is 0 Å². The molecule has 20 heavy (non-hydrogen) atoms. The molecule has 1 aromatic rings. The summed E-state index contributed by atoms with van der Waals surface area (Å²) >= 11 is 0. The zero-order chi connectivity index (χ0) is 14.6. The maximum atomic E-state index is 11.9. The van der Waals surface area contributed by atoms with Gasteiger partial charge in [0.05, 0.1) is 0 Å². The molecule has 0 saturated carbocycles. The van der Waals surface area contributed by atoms with Gasteiger partial charge in [0.2, 0.25) is 5.91 Å². The Bertz CT molecular complexity index is 448. The van der Waals surface area contributed by atoms with Gasteiger partial charge in [0, 0.05) is 6.54 Å². The first-order chi connectivity index (χ1) is 9.52. The number of amides is 1. The molecule has 1 aliphatic heterocycles. The summed E-state index contributed by atoms with van der Waals surface area (Å²) in [6.45, 7) is 4.76. The summed E-state index contributed by atoms with van der Waals surface area (Å²) in [5, 5.41) is 0. The standard InChI is InChI=1S/C16H25N3O/c1-13-6-5-10-19(11-9-13)12-16(18,15(17)20)14-7-3-2-4-8-14/h2-4,7-8,13H,5-6,9-12,18H2,1H3,(H2,17,20). The number of benzene rings is 1. The molecule has 110 valence electrons. The highest BCUT2D eigenvalue weighted by atomic mass is 16.1. The molecular weight excluding hydrogens is 250 g/mol. The average molecular weight is 275 g/mol. The van der Waals surface area contributed by atoms with Crippen molar-refractivity contribution in [1.82, 2.24) is 4.90 Å². The van der Waals surface area contributed by atoms with Crippen LogP contribution in [0.4, 0.5) is 0 Å². The van der Waals surface area contributed by atoms with Crippen LogP contribution in [0.15, 0.2) is 30.3 Å². The van der Waals surface area contributed by atoms with Gasteiger partial charge in [0.25, 0.3) is 0 Å². The van der Waals surface area contributed by atoms with Crippen LogP contribution in [0.2, 0.25) is 0 Å². The van der Waals surface area contributed by atoms with Crippen molar-refractivity contribution < 1.29 is 4.79 Å². The van der Waals surface area contributed by atoms with Gasteiger partial charge in [-0.25, -0.2) is 0 Å². The van der Waals surface area contributed by atoms with Crippen LogP contribution in [0.1, 0.15) is 31.7 Å². The van der Waals surface area contributed by atoms with E-state index in [4.69, 9.17) is 11.5 Å². The van der Waals surface area contributed by atoms with Crippen molar-refractivity contribution in [3.05, 3.63) is 35.9 Å². The second-order valence-corrected chi connectivity index (χ2v) is 6.01. The van der Waals surface area contributed by atoms with Crippen molar-refractivity contribution in [3.63, 3.8) is 0 Å². The van der Waals surface area contributed by atoms with Crippen LogP contribution >= 0.6 is 0 Å². The minimum absolute atomic E-state index is 0.457. The van der Waals surface area contributed by atoms with E-state index in [-0.39, 0.29) is 0 Å². The summed E-state index contributed by atoms with van der Waals surface area (Å²) in [5.41, 5.74) is 11.7. The van der Waals surface area contributed by atoms with E-state index >= 15 is 0 Å². The van der Waals surface area contributed by atoms with Crippen molar-refractivity contribution in [2.75, 3.05) is 19.6 Å².